The molecule has 112 valence electrons. The molecule has 0 spiro atoms. The summed E-state index contributed by atoms with van der Waals surface area (Å²) < 4.78 is 6.79. The van der Waals surface area contributed by atoms with Crippen molar-refractivity contribution < 1.29 is 14.6 Å². The van der Waals surface area contributed by atoms with E-state index in [2.05, 4.69) is 10.3 Å². The van der Waals surface area contributed by atoms with Crippen LogP contribution in [0.1, 0.15) is 10.5 Å². The first-order valence-electron chi connectivity index (χ1n) is 6.49. The molecule has 2 rings (SSSR count). The fourth-order valence-corrected chi connectivity index (χ4v) is 1.96. The maximum atomic E-state index is 11.3. The van der Waals surface area contributed by atoms with Crippen molar-refractivity contribution in [3.8, 4) is 17.0 Å². The van der Waals surface area contributed by atoms with Crippen molar-refractivity contribution in [1.29, 1.82) is 0 Å². The van der Waals surface area contributed by atoms with E-state index in [1.54, 1.807) is 23.9 Å². The Morgan fingerprint density at radius 1 is 1.43 bits per heavy atom. The first kappa shape index (κ1) is 15.0. The summed E-state index contributed by atoms with van der Waals surface area (Å²) in [5, 5.41) is 17.0. The molecular weight excluding hydrogens is 272 g/mol. The van der Waals surface area contributed by atoms with E-state index in [0.29, 0.717) is 18.0 Å². The number of carboxylic acid groups (broad SMARTS) is 1. The zero-order valence-electron chi connectivity index (χ0n) is 12.3. The summed E-state index contributed by atoms with van der Waals surface area (Å²) in [6, 6.07) is 7.21. The number of aromatic nitrogens is 3. The van der Waals surface area contributed by atoms with Crippen molar-refractivity contribution in [3.63, 3.8) is 0 Å². The number of likely N-dealkylation sites (N-methyl/N-ethyl adjacent to an activating group) is 1. The first-order chi connectivity index (χ1) is 10.0. The molecule has 0 amide bonds. The van der Waals surface area contributed by atoms with Crippen LogP contribution in [-0.4, -0.2) is 58.7 Å². The highest BCUT2D eigenvalue weighted by atomic mass is 16.5. The van der Waals surface area contributed by atoms with Gasteiger partial charge in [0.1, 0.15) is 11.4 Å². The van der Waals surface area contributed by atoms with Crippen LogP contribution in [0.3, 0.4) is 0 Å². The fraction of sp³-hybridized carbons (Fsp3) is 0.357. The van der Waals surface area contributed by atoms with E-state index in [1.165, 1.54) is 0 Å². The Balaban J connectivity index is 2.47. The van der Waals surface area contributed by atoms with E-state index in [-0.39, 0.29) is 5.69 Å². The number of aromatic carboxylic acids is 1. The molecule has 1 heterocycles. The molecule has 0 saturated heterocycles. The maximum Gasteiger partial charge on any atom is 0.358 e. The maximum absolute atomic E-state index is 11.3. The molecular formula is C14H18N4O3. The van der Waals surface area contributed by atoms with Gasteiger partial charge in [0.25, 0.3) is 0 Å². The van der Waals surface area contributed by atoms with Crippen LogP contribution in [0.2, 0.25) is 0 Å². The van der Waals surface area contributed by atoms with E-state index in [9.17, 15) is 9.90 Å². The smallest absolute Gasteiger partial charge is 0.358 e. The minimum atomic E-state index is -1.09. The lowest BCUT2D eigenvalue weighted by Gasteiger charge is -2.12. The highest BCUT2D eigenvalue weighted by Gasteiger charge is 2.20. The molecule has 0 fully saturated rings. The summed E-state index contributed by atoms with van der Waals surface area (Å²) in [7, 11) is 5.46. The third-order valence-corrected chi connectivity index (χ3v) is 3.04. The lowest BCUT2D eigenvalue weighted by Crippen LogP contribution is -2.19. The molecule has 0 unspecified atom stereocenters. The average molecular weight is 290 g/mol. The quantitative estimate of drug-likeness (QED) is 0.861. The number of rotatable bonds is 6. The zero-order valence-corrected chi connectivity index (χ0v) is 12.3. The van der Waals surface area contributed by atoms with Crippen LogP contribution in [0.5, 0.6) is 5.75 Å². The molecule has 0 aliphatic carbocycles. The van der Waals surface area contributed by atoms with Gasteiger partial charge in [0.15, 0.2) is 5.69 Å². The van der Waals surface area contributed by atoms with Crippen LogP contribution >= 0.6 is 0 Å². The number of benzene rings is 1. The van der Waals surface area contributed by atoms with Gasteiger partial charge in [-0.15, -0.1) is 5.10 Å². The molecule has 1 aromatic carbocycles. The van der Waals surface area contributed by atoms with Crippen LogP contribution in [0.4, 0.5) is 0 Å². The normalized spacial score (nSPS) is 10.9. The Kier molecular flexibility index (Phi) is 4.54. The SMILES string of the molecule is COc1cccc(-c2c(C(=O)O)nnn2CCN(C)C)c1. The van der Waals surface area contributed by atoms with Gasteiger partial charge in [-0.1, -0.05) is 17.3 Å². The Hall–Kier alpha value is -2.41. The number of nitrogens with zero attached hydrogens (tertiary/aromatic N) is 4. The summed E-state index contributed by atoms with van der Waals surface area (Å²) in [6.45, 7) is 1.29. The predicted molar refractivity (Wildman–Crippen MR) is 77.5 cm³/mol. The molecule has 0 aliphatic heterocycles. The molecule has 7 nitrogen and oxygen atoms in total. The molecule has 0 bridgehead atoms. The Labute approximate surface area is 122 Å². The number of hydrogen-bond acceptors (Lipinski definition) is 5. The summed E-state index contributed by atoms with van der Waals surface area (Å²) in [5.74, 6) is -0.437. The zero-order chi connectivity index (χ0) is 15.4. The van der Waals surface area contributed by atoms with Gasteiger partial charge in [0.2, 0.25) is 0 Å². The molecule has 0 atom stereocenters. The van der Waals surface area contributed by atoms with E-state index in [4.69, 9.17) is 4.74 Å². The molecule has 0 radical (unpaired) electrons. The van der Waals surface area contributed by atoms with E-state index >= 15 is 0 Å². The third-order valence-electron chi connectivity index (χ3n) is 3.04. The fourth-order valence-electron chi connectivity index (χ4n) is 1.96. The molecule has 0 aliphatic rings. The standard InChI is InChI=1S/C14H18N4O3/c1-17(2)7-8-18-13(12(14(19)20)15-16-18)10-5-4-6-11(9-10)21-3/h4-6,9H,7-8H2,1-3H3,(H,19,20). The average Bonchev–Trinajstić information content (AvgIpc) is 2.89. The Morgan fingerprint density at radius 3 is 2.81 bits per heavy atom. The topological polar surface area (TPSA) is 80.5 Å². The van der Waals surface area contributed by atoms with E-state index < -0.39 is 5.97 Å². The monoisotopic (exact) mass is 290 g/mol. The van der Waals surface area contributed by atoms with Crippen molar-refractivity contribution in [1.82, 2.24) is 19.9 Å². The summed E-state index contributed by atoms with van der Waals surface area (Å²) in [5.41, 5.74) is 1.15. The second-order valence-electron chi connectivity index (χ2n) is 4.85. The van der Waals surface area contributed by atoms with Crippen molar-refractivity contribution in [2.75, 3.05) is 27.7 Å². The number of carbonyl (C=O) groups is 1. The van der Waals surface area contributed by atoms with E-state index in [0.717, 1.165) is 12.1 Å². The van der Waals surface area contributed by atoms with Crippen LogP contribution in [-0.2, 0) is 6.54 Å². The number of hydrogen-bond donors (Lipinski definition) is 1. The molecule has 2 aromatic rings. The van der Waals surface area contributed by atoms with Gasteiger partial charge >= 0.3 is 5.97 Å². The van der Waals surface area contributed by atoms with Crippen molar-refractivity contribution in [3.05, 3.63) is 30.0 Å². The van der Waals surface area contributed by atoms with Gasteiger partial charge in [0.05, 0.1) is 13.7 Å². The highest BCUT2D eigenvalue weighted by molar-refractivity contribution is 5.92. The van der Waals surface area contributed by atoms with Gasteiger partial charge in [-0.05, 0) is 26.2 Å². The lowest BCUT2D eigenvalue weighted by molar-refractivity contribution is 0.0691. The highest BCUT2D eigenvalue weighted by Crippen LogP contribution is 2.26. The van der Waals surface area contributed by atoms with Crippen molar-refractivity contribution in [2.24, 2.45) is 0 Å². The molecule has 21 heavy (non-hydrogen) atoms. The number of ether oxygens (including phenoxy) is 1. The van der Waals surface area contributed by atoms with Crippen molar-refractivity contribution in [2.45, 2.75) is 6.54 Å². The van der Waals surface area contributed by atoms with Gasteiger partial charge in [-0.2, -0.15) is 0 Å². The van der Waals surface area contributed by atoms with Gasteiger partial charge in [-0.3, -0.25) is 0 Å². The number of carboxylic acids is 1. The second-order valence-corrected chi connectivity index (χ2v) is 4.85. The van der Waals surface area contributed by atoms with Gasteiger partial charge < -0.3 is 14.7 Å². The summed E-state index contributed by atoms with van der Waals surface area (Å²) in [6.07, 6.45) is 0. The molecule has 1 N–H and O–H groups in total. The molecule has 7 heteroatoms. The summed E-state index contributed by atoms with van der Waals surface area (Å²) in [4.78, 5) is 13.3. The molecule has 1 aromatic heterocycles. The summed E-state index contributed by atoms with van der Waals surface area (Å²) >= 11 is 0. The minimum Gasteiger partial charge on any atom is -0.497 e. The largest absolute Gasteiger partial charge is 0.497 e. The van der Waals surface area contributed by atoms with E-state index in [1.807, 2.05) is 31.1 Å². The van der Waals surface area contributed by atoms with Gasteiger partial charge in [-0.25, -0.2) is 9.48 Å². The minimum absolute atomic E-state index is 0.0537. The van der Waals surface area contributed by atoms with Crippen molar-refractivity contribution >= 4 is 5.97 Å². The predicted octanol–water partition coefficient (Wildman–Crippen LogP) is 1.21. The van der Waals surface area contributed by atoms with Gasteiger partial charge in [0, 0.05) is 12.1 Å². The third kappa shape index (κ3) is 3.38. The van der Waals surface area contributed by atoms with Crippen LogP contribution in [0, 0.1) is 0 Å². The van der Waals surface area contributed by atoms with Crippen LogP contribution < -0.4 is 4.74 Å². The van der Waals surface area contributed by atoms with Crippen LogP contribution in [0.25, 0.3) is 11.3 Å². The van der Waals surface area contributed by atoms with Crippen LogP contribution in [0.15, 0.2) is 24.3 Å². The Morgan fingerprint density at radius 2 is 2.19 bits per heavy atom. The number of methoxy groups -OCH3 is 1. The lowest BCUT2D eigenvalue weighted by atomic mass is 10.1. The second kappa shape index (κ2) is 6.36. The first-order valence-corrected chi connectivity index (χ1v) is 6.49. The Bertz CT molecular complexity index is 637. The molecule has 0 saturated carbocycles.